The molecule has 1 heterocycles. The summed E-state index contributed by atoms with van der Waals surface area (Å²) in [6, 6.07) is 12.2. The van der Waals surface area contributed by atoms with Crippen LogP contribution in [0.5, 0.6) is 17.2 Å². The number of likely N-dealkylation sites (N-methyl/N-ethyl adjacent to an activating group) is 1. The lowest BCUT2D eigenvalue weighted by Gasteiger charge is -2.13. The van der Waals surface area contributed by atoms with Gasteiger partial charge in [-0.2, -0.15) is 0 Å². The van der Waals surface area contributed by atoms with E-state index in [2.05, 4.69) is 5.32 Å². The Morgan fingerprint density at radius 3 is 2.11 bits per heavy atom. The summed E-state index contributed by atoms with van der Waals surface area (Å²) in [7, 11) is 4.65. The van der Waals surface area contributed by atoms with Crippen molar-refractivity contribution in [1.29, 1.82) is 0 Å². The summed E-state index contributed by atoms with van der Waals surface area (Å²) in [5, 5.41) is 3.09. The molecule has 0 spiro atoms. The summed E-state index contributed by atoms with van der Waals surface area (Å²) < 4.78 is 15.7. The van der Waals surface area contributed by atoms with Gasteiger partial charge in [0.25, 0.3) is 11.8 Å². The summed E-state index contributed by atoms with van der Waals surface area (Å²) in [5.74, 6) is 1.06. The summed E-state index contributed by atoms with van der Waals surface area (Å²) in [6.07, 6.45) is 0. The second-order valence-corrected chi connectivity index (χ2v) is 6.03. The lowest BCUT2D eigenvalue weighted by Crippen LogP contribution is -2.32. The molecule has 2 aromatic carbocycles. The zero-order valence-electron chi connectivity index (χ0n) is 16.2. The zero-order valence-corrected chi connectivity index (χ0v) is 16.2. The molecule has 0 saturated heterocycles. The van der Waals surface area contributed by atoms with Gasteiger partial charge in [0.15, 0.2) is 11.5 Å². The molecule has 0 fully saturated rings. The molecule has 1 aliphatic heterocycles. The maximum atomic E-state index is 12.9. The molecule has 0 radical (unpaired) electrons. The minimum absolute atomic E-state index is 0.226. The van der Waals surface area contributed by atoms with E-state index in [9.17, 15) is 9.59 Å². The summed E-state index contributed by atoms with van der Waals surface area (Å²) in [5.41, 5.74) is 1.80. The molecule has 7 nitrogen and oxygen atoms in total. The third-order valence-electron chi connectivity index (χ3n) is 4.52. The molecule has 0 bridgehead atoms. The molecule has 1 aliphatic rings. The second-order valence-electron chi connectivity index (χ2n) is 6.03. The fourth-order valence-corrected chi connectivity index (χ4v) is 3.06. The van der Waals surface area contributed by atoms with E-state index in [0.717, 1.165) is 0 Å². The van der Waals surface area contributed by atoms with Crippen LogP contribution in [0.3, 0.4) is 0 Å². The normalized spacial score (nSPS) is 13.8. The maximum Gasteiger partial charge on any atom is 0.278 e. The first-order chi connectivity index (χ1) is 13.5. The molecule has 2 amide bonds. The van der Waals surface area contributed by atoms with E-state index in [4.69, 9.17) is 14.2 Å². The van der Waals surface area contributed by atoms with Crippen molar-refractivity contribution >= 4 is 23.1 Å². The molecule has 0 aliphatic carbocycles. The van der Waals surface area contributed by atoms with Crippen LogP contribution in [0.15, 0.2) is 48.2 Å². The van der Waals surface area contributed by atoms with Gasteiger partial charge < -0.3 is 19.5 Å². The average molecular weight is 382 g/mol. The Labute approximate surface area is 163 Å². The predicted octanol–water partition coefficient (Wildman–Crippen LogP) is 2.92. The molecule has 0 aromatic heterocycles. The van der Waals surface area contributed by atoms with Gasteiger partial charge in [0.2, 0.25) is 0 Å². The molecule has 2 aromatic rings. The monoisotopic (exact) mass is 382 g/mol. The van der Waals surface area contributed by atoms with Gasteiger partial charge in [0, 0.05) is 18.3 Å². The molecule has 0 saturated carbocycles. The van der Waals surface area contributed by atoms with Crippen molar-refractivity contribution in [3.63, 3.8) is 0 Å². The van der Waals surface area contributed by atoms with Gasteiger partial charge in [-0.05, 0) is 36.8 Å². The predicted molar refractivity (Wildman–Crippen MR) is 105 cm³/mol. The van der Waals surface area contributed by atoms with E-state index < -0.39 is 0 Å². The second kappa shape index (κ2) is 8.04. The molecule has 7 heteroatoms. The van der Waals surface area contributed by atoms with Crippen molar-refractivity contribution in [3.8, 4) is 17.2 Å². The molecule has 146 valence electrons. The number of nitrogens with one attached hydrogen (secondary N) is 1. The van der Waals surface area contributed by atoms with Crippen LogP contribution in [0.25, 0.3) is 5.57 Å². The summed E-state index contributed by atoms with van der Waals surface area (Å²) in [4.78, 5) is 26.9. The maximum absolute atomic E-state index is 12.9. The quantitative estimate of drug-likeness (QED) is 0.742. The smallest absolute Gasteiger partial charge is 0.278 e. The SMILES string of the molecule is CCN1C(=O)C(Nc2ccc(OC)c(OC)c2)=C(c2ccc(OC)cc2)C1=O. The molecule has 1 N–H and O–H groups in total. The fourth-order valence-electron chi connectivity index (χ4n) is 3.06. The Hall–Kier alpha value is -3.48. The van der Waals surface area contributed by atoms with Crippen LogP contribution in [0.4, 0.5) is 5.69 Å². The first-order valence-corrected chi connectivity index (χ1v) is 8.78. The fraction of sp³-hybridized carbons (Fsp3) is 0.238. The van der Waals surface area contributed by atoms with Gasteiger partial charge in [0.1, 0.15) is 11.4 Å². The topological polar surface area (TPSA) is 77.1 Å². The minimum Gasteiger partial charge on any atom is -0.497 e. The summed E-state index contributed by atoms with van der Waals surface area (Å²) in [6.45, 7) is 2.05. The Bertz CT molecular complexity index is 934. The number of carbonyl (C=O) groups is 2. The van der Waals surface area contributed by atoms with Crippen LogP contribution in [0.1, 0.15) is 12.5 Å². The number of hydrogen-bond acceptors (Lipinski definition) is 6. The summed E-state index contributed by atoms with van der Waals surface area (Å²) >= 11 is 0. The molecule has 0 unspecified atom stereocenters. The van der Waals surface area contributed by atoms with Crippen molar-refractivity contribution in [2.24, 2.45) is 0 Å². The van der Waals surface area contributed by atoms with Gasteiger partial charge in [0.05, 0.1) is 26.9 Å². The third kappa shape index (κ3) is 3.38. The van der Waals surface area contributed by atoms with Gasteiger partial charge in [-0.3, -0.25) is 14.5 Å². The van der Waals surface area contributed by atoms with Crippen molar-refractivity contribution in [2.45, 2.75) is 6.92 Å². The number of anilines is 1. The van der Waals surface area contributed by atoms with Crippen LogP contribution >= 0.6 is 0 Å². The lowest BCUT2D eigenvalue weighted by atomic mass is 10.0. The molecule has 3 rings (SSSR count). The first-order valence-electron chi connectivity index (χ1n) is 8.78. The van der Waals surface area contributed by atoms with Gasteiger partial charge in [-0.25, -0.2) is 0 Å². The van der Waals surface area contributed by atoms with E-state index in [1.54, 1.807) is 63.6 Å². The number of rotatable bonds is 7. The zero-order chi connectivity index (χ0) is 20.3. The number of hydrogen-bond donors (Lipinski definition) is 1. The number of methoxy groups -OCH3 is 3. The Kier molecular flexibility index (Phi) is 5.54. The van der Waals surface area contributed by atoms with Gasteiger partial charge in [-0.1, -0.05) is 12.1 Å². The number of ether oxygens (including phenoxy) is 3. The van der Waals surface area contributed by atoms with Crippen LogP contribution < -0.4 is 19.5 Å². The van der Waals surface area contributed by atoms with E-state index >= 15 is 0 Å². The number of benzene rings is 2. The van der Waals surface area contributed by atoms with Crippen LogP contribution in [-0.4, -0.2) is 44.6 Å². The Morgan fingerprint density at radius 1 is 0.857 bits per heavy atom. The first kappa shape index (κ1) is 19.3. The Balaban J connectivity index is 2.05. The number of imide groups is 1. The van der Waals surface area contributed by atoms with Crippen LogP contribution in [0, 0.1) is 0 Å². The highest BCUT2D eigenvalue weighted by atomic mass is 16.5. The Morgan fingerprint density at radius 2 is 1.54 bits per heavy atom. The minimum atomic E-state index is -0.367. The highest BCUT2D eigenvalue weighted by Gasteiger charge is 2.38. The lowest BCUT2D eigenvalue weighted by molar-refractivity contribution is -0.136. The highest BCUT2D eigenvalue weighted by molar-refractivity contribution is 6.36. The van der Waals surface area contributed by atoms with Gasteiger partial charge in [-0.15, -0.1) is 0 Å². The molecular formula is C21H22N2O5. The molecular weight excluding hydrogens is 360 g/mol. The third-order valence-corrected chi connectivity index (χ3v) is 4.52. The van der Waals surface area contributed by atoms with E-state index in [-0.39, 0.29) is 24.1 Å². The molecule has 0 atom stereocenters. The van der Waals surface area contributed by atoms with Crippen molar-refractivity contribution in [3.05, 3.63) is 53.7 Å². The van der Waals surface area contributed by atoms with Crippen LogP contribution in [-0.2, 0) is 9.59 Å². The van der Waals surface area contributed by atoms with E-state index in [1.165, 1.54) is 12.0 Å². The number of nitrogens with zero attached hydrogens (tertiary/aromatic N) is 1. The van der Waals surface area contributed by atoms with Crippen molar-refractivity contribution < 1.29 is 23.8 Å². The molecule has 28 heavy (non-hydrogen) atoms. The highest BCUT2D eigenvalue weighted by Crippen LogP contribution is 2.34. The van der Waals surface area contributed by atoms with E-state index in [1.807, 2.05) is 0 Å². The van der Waals surface area contributed by atoms with Gasteiger partial charge >= 0.3 is 0 Å². The number of amides is 2. The number of carbonyl (C=O) groups excluding carboxylic acids is 2. The van der Waals surface area contributed by atoms with Crippen molar-refractivity contribution in [2.75, 3.05) is 33.2 Å². The average Bonchev–Trinajstić information content (AvgIpc) is 2.96. The van der Waals surface area contributed by atoms with Crippen LogP contribution in [0.2, 0.25) is 0 Å². The standard InChI is InChI=1S/C21H22N2O5/c1-5-23-20(24)18(13-6-9-15(26-2)10-7-13)19(21(23)25)22-14-8-11-16(27-3)17(12-14)28-4/h6-12,22H,5H2,1-4H3. The van der Waals surface area contributed by atoms with E-state index in [0.29, 0.717) is 34.1 Å². The van der Waals surface area contributed by atoms with Crippen molar-refractivity contribution in [1.82, 2.24) is 4.90 Å². The largest absolute Gasteiger partial charge is 0.497 e.